The van der Waals surface area contributed by atoms with E-state index in [1.807, 2.05) is 32.0 Å². The third-order valence-corrected chi connectivity index (χ3v) is 2.20. The van der Waals surface area contributed by atoms with Gasteiger partial charge < -0.3 is 9.72 Å². The summed E-state index contributed by atoms with van der Waals surface area (Å²) in [6.07, 6.45) is 1.52. The Morgan fingerprint density at radius 1 is 1.18 bits per heavy atom. The monoisotopic (exact) mass is 233 g/mol. The number of hydrogen-bond donors (Lipinski definition) is 1. The molecule has 90 valence electrons. The lowest BCUT2D eigenvalue weighted by molar-refractivity contribution is -0.135. The fourth-order valence-corrected chi connectivity index (χ4v) is 1.46. The normalized spacial score (nSPS) is 9.35. The standard InChI is InChI=1S/C11H9NO3.C2H6/c1-15-11(14)10(13)8-6-12-9-5-3-2-4-7(8)9;1-2/h2-6,12H,1H3;1-2H3. The molecule has 1 aromatic heterocycles. The number of hydrogen-bond acceptors (Lipinski definition) is 3. The summed E-state index contributed by atoms with van der Waals surface area (Å²) in [6, 6.07) is 7.28. The van der Waals surface area contributed by atoms with Crippen LogP contribution in [0.15, 0.2) is 30.5 Å². The molecule has 0 aliphatic carbocycles. The second kappa shape index (κ2) is 5.84. The van der Waals surface area contributed by atoms with Gasteiger partial charge in [0.1, 0.15) is 0 Å². The molecule has 4 nitrogen and oxygen atoms in total. The second-order valence-electron chi connectivity index (χ2n) is 3.07. The molecule has 17 heavy (non-hydrogen) atoms. The van der Waals surface area contributed by atoms with Gasteiger partial charge in [0.15, 0.2) is 0 Å². The van der Waals surface area contributed by atoms with E-state index in [0.717, 1.165) is 10.9 Å². The van der Waals surface area contributed by atoms with Crippen molar-refractivity contribution in [3.05, 3.63) is 36.0 Å². The van der Waals surface area contributed by atoms with E-state index in [-0.39, 0.29) is 0 Å². The highest BCUT2D eigenvalue weighted by Gasteiger charge is 2.19. The third kappa shape index (κ3) is 2.53. The minimum atomic E-state index is -0.847. The lowest BCUT2D eigenvalue weighted by atomic mass is 10.1. The fourth-order valence-electron chi connectivity index (χ4n) is 1.46. The largest absolute Gasteiger partial charge is 0.463 e. The number of aromatic nitrogens is 1. The number of esters is 1. The van der Waals surface area contributed by atoms with Crippen LogP contribution in [0.3, 0.4) is 0 Å². The number of carbonyl (C=O) groups excluding carboxylic acids is 2. The summed E-state index contributed by atoms with van der Waals surface area (Å²) >= 11 is 0. The average molecular weight is 233 g/mol. The van der Waals surface area contributed by atoms with Crippen LogP contribution < -0.4 is 0 Å². The van der Waals surface area contributed by atoms with Crippen LogP contribution in [0.25, 0.3) is 10.9 Å². The quantitative estimate of drug-likeness (QED) is 0.492. The smallest absolute Gasteiger partial charge is 0.379 e. The van der Waals surface area contributed by atoms with E-state index in [0.29, 0.717) is 5.56 Å². The van der Waals surface area contributed by atoms with Crippen LogP contribution in [0.2, 0.25) is 0 Å². The van der Waals surface area contributed by atoms with Crippen LogP contribution in [0.1, 0.15) is 24.2 Å². The molecule has 0 saturated heterocycles. The minimum absolute atomic E-state index is 0.345. The van der Waals surface area contributed by atoms with E-state index < -0.39 is 11.8 Å². The molecule has 1 aromatic carbocycles. The van der Waals surface area contributed by atoms with Crippen LogP contribution in [0.5, 0.6) is 0 Å². The topological polar surface area (TPSA) is 59.2 Å². The highest BCUT2D eigenvalue weighted by molar-refractivity contribution is 6.42. The van der Waals surface area contributed by atoms with Crippen LogP contribution in [-0.4, -0.2) is 23.8 Å². The maximum Gasteiger partial charge on any atom is 0.379 e. The molecule has 0 spiro atoms. The van der Waals surface area contributed by atoms with Crippen molar-refractivity contribution in [1.82, 2.24) is 4.98 Å². The van der Waals surface area contributed by atoms with Gasteiger partial charge in [-0.1, -0.05) is 32.0 Å². The Labute approximate surface area is 99.6 Å². The van der Waals surface area contributed by atoms with Gasteiger partial charge in [-0.05, 0) is 6.07 Å². The summed E-state index contributed by atoms with van der Waals surface area (Å²) in [5.41, 5.74) is 1.17. The van der Waals surface area contributed by atoms with Crippen LogP contribution in [0.4, 0.5) is 0 Å². The van der Waals surface area contributed by atoms with E-state index in [1.165, 1.54) is 13.3 Å². The number of Topliss-reactive ketones (excluding diaryl/α,β-unsaturated/α-hetero) is 1. The maximum absolute atomic E-state index is 11.6. The summed E-state index contributed by atoms with van der Waals surface area (Å²) in [4.78, 5) is 25.5. The SMILES string of the molecule is CC.COC(=O)C(=O)c1c[nH]c2ccccc12. The summed E-state index contributed by atoms with van der Waals surface area (Å²) in [5, 5.41) is 0.730. The molecule has 0 saturated carbocycles. The van der Waals surface area contributed by atoms with Gasteiger partial charge >= 0.3 is 5.97 Å². The summed E-state index contributed by atoms with van der Waals surface area (Å²) in [7, 11) is 1.19. The number of rotatable bonds is 2. The number of nitrogens with one attached hydrogen (secondary N) is 1. The van der Waals surface area contributed by atoms with Crippen molar-refractivity contribution in [2.24, 2.45) is 0 Å². The van der Waals surface area contributed by atoms with E-state index in [2.05, 4.69) is 9.72 Å². The fraction of sp³-hybridized carbons (Fsp3) is 0.231. The van der Waals surface area contributed by atoms with Crippen molar-refractivity contribution in [2.45, 2.75) is 13.8 Å². The first kappa shape index (κ1) is 13.0. The summed E-state index contributed by atoms with van der Waals surface area (Å²) in [6.45, 7) is 4.00. The second-order valence-corrected chi connectivity index (χ2v) is 3.07. The number of H-pyrrole nitrogens is 1. The number of carbonyl (C=O) groups is 2. The molecule has 0 amide bonds. The Morgan fingerprint density at radius 3 is 2.47 bits per heavy atom. The Balaban J connectivity index is 0.000000686. The molecule has 2 rings (SSSR count). The summed E-state index contributed by atoms with van der Waals surface area (Å²) < 4.78 is 4.38. The first-order chi connectivity index (χ1) is 8.24. The van der Waals surface area contributed by atoms with Gasteiger partial charge in [0, 0.05) is 17.1 Å². The lowest BCUT2D eigenvalue weighted by Gasteiger charge is -1.96. The van der Waals surface area contributed by atoms with Crippen LogP contribution >= 0.6 is 0 Å². The van der Waals surface area contributed by atoms with E-state index in [4.69, 9.17) is 0 Å². The molecule has 0 unspecified atom stereocenters. The number of ketones is 1. The average Bonchev–Trinajstić information content (AvgIpc) is 2.83. The van der Waals surface area contributed by atoms with Gasteiger partial charge in [0.2, 0.25) is 0 Å². The van der Waals surface area contributed by atoms with Crippen LogP contribution in [-0.2, 0) is 9.53 Å². The number of methoxy groups -OCH3 is 1. The zero-order chi connectivity index (χ0) is 12.8. The molecule has 2 aromatic rings. The van der Waals surface area contributed by atoms with Gasteiger partial charge in [-0.3, -0.25) is 4.79 Å². The predicted octanol–water partition coefficient (Wildman–Crippen LogP) is 2.55. The maximum atomic E-state index is 11.6. The number of ether oxygens (including phenoxy) is 1. The van der Waals surface area contributed by atoms with E-state index in [9.17, 15) is 9.59 Å². The van der Waals surface area contributed by atoms with Crippen molar-refractivity contribution in [3.63, 3.8) is 0 Å². The minimum Gasteiger partial charge on any atom is -0.463 e. The molecular formula is C13H15NO3. The molecule has 0 fully saturated rings. The van der Waals surface area contributed by atoms with Gasteiger partial charge in [0.25, 0.3) is 5.78 Å². The third-order valence-electron chi connectivity index (χ3n) is 2.20. The molecule has 4 heteroatoms. The number of benzene rings is 1. The molecule has 0 aliphatic rings. The van der Waals surface area contributed by atoms with Crippen molar-refractivity contribution >= 4 is 22.7 Å². The molecular weight excluding hydrogens is 218 g/mol. The Morgan fingerprint density at radius 2 is 1.82 bits per heavy atom. The molecule has 0 radical (unpaired) electrons. The Bertz CT molecular complexity index is 528. The number of aromatic amines is 1. The Hall–Kier alpha value is -2.10. The van der Waals surface area contributed by atoms with Gasteiger partial charge in [-0.15, -0.1) is 0 Å². The van der Waals surface area contributed by atoms with Gasteiger partial charge in [0.05, 0.1) is 12.7 Å². The van der Waals surface area contributed by atoms with Gasteiger partial charge in [-0.2, -0.15) is 0 Å². The first-order valence-corrected chi connectivity index (χ1v) is 5.43. The number of fused-ring (bicyclic) bond motifs is 1. The van der Waals surface area contributed by atoms with Crippen molar-refractivity contribution < 1.29 is 14.3 Å². The first-order valence-electron chi connectivity index (χ1n) is 5.43. The molecule has 1 heterocycles. The van der Waals surface area contributed by atoms with Gasteiger partial charge in [-0.25, -0.2) is 4.79 Å². The number of para-hydroxylation sites is 1. The molecule has 0 aliphatic heterocycles. The van der Waals surface area contributed by atoms with Crippen LogP contribution in [0, 0.1) is 0 Å². The zero-order valence-corrected chi connectivity index (χ0v) is 10.1. The highest BCUT2D eigenvalue weighted by Crippen LogP contribution is 2.18. The van der Waals surface area contributed by atoms with Crippen molar-refractivity contribution in [1.29, 1.82) is 0 Å². The Kier molecular flexibility index (Phi) is 4.46. The molecule has 0 atom stereocenters. The van der Waals surface area contributed by atoms with E-state index in [1.54, 1.807) is 6.07 Å². The lowest BCUT2D eigenvalue weighted by Crippen LogP contribution is -2.15. The summed E-state index contributed by atoms with van der Waals surface area (Å²) in [5.74, 6) is -1.48. The molecule has 1 N–H and O–H groups in total. The zero-order valence-electron chi connectivity index (χ0n) is 10.1. The highest BCUT2D eigenvalue weighted by atomic mass is 16.5. The predicted molar refractivity (Wildman–Crippen MR) is 66.0 cm³/mol. The van der Waals surface area contributed by atoms with E-state index >= 15 is 0 Å². The van der Waals surface area contributed by atoms with Crippen molar-refractivity contribution in [3.8, 4) is 0 Å². The van der Waals surface area contributed by atoms with Crippen molar-refractivity contribution in [2.75, 3.05) is 7.11 Å². The molecule has 0 bridgehead atoms.